The molecule has 1 unspecified atom stereocenters. The smallest absolute Gasteiger partial charge is 0.128 e. The highest BCUT2D eigenvalue weighted by molar-refractivity contribution is 5.41. The summed E-state index contributed by atoms with van der Waals surface area (Å²) in [5.74, 6) is 0.850. The number of ether oxygens (including phenoxy) is 1. The van der Waals surface area contributed by atoms with Gasteiger partial charge < -0.3 is 14.4 Å². The van der Waals surface area contributed by atoms with E-state index in [-0.39, 0.29) is 0 Å². The first kappa shape index (κ1) is 14.1. The standard InChI is InChI=1S/C16H21N3O2/c1-10-7-18-13(11(2)16(10)21-3)6-15(20)14-8-17-9-19(14)12-4-5-12/h7-9,12,15,20H,4-6H2,1-3H3. The fourth-order valence-corrected chi connectivity index (χ4v) is 2.80. The first-order valence-corrected chi connectivity index (χ1v) is 7.30. The van der Waals surface area contributed by atoms with E-state index < -0.39 is 6.10 Å². The Hall–Kier alpha value is -1.88. The Labute approximate surface area is 124 Å². The summed E-state index contributed by atoms with van der Waals surface area (Å²) in [7, 11) is 1.66. The van der Waals surface area contributed by atoms with Crippen molar-refractivity contribution >= 4 is 0 Å². The largest absolute Gasteiger partial charge is 0.496 e. The molecule has 112 valence electrons. The molecule has 0 spiro atoms. The molecule has 0 amide bonds. The third kappa shape index (κ3) is 2.65. The number of aliphatic hydroxyl groups is 1. The molecule has 1 saturated carbocycles. The number of hydrogen-bond acceptors (Lipinski definition) is 4. The van der Waals surface area contributed by atoms with Gasteiger partial charge in [-0.05, 0) is 26.7 Å². The van der Waals surface area contributed by atoms with Gasteiger partial charge in [-0.3, -0.25) is 4.98 Å². The Balaban J connectivity index is 1.84. The molecule has 21 heavy (non-hydrogen) atoms. The third-order valence-corrected chi connectivity index (χ3v) is 4.11. The molecule has 1 fully saturated rings. The monoisotopic (exact) mass is 287 g/mol. The topological polar surface area (TPSA) is 60.2 Å². The average molecular weight is 287 g/mol. The van der Waals surface area contributed by atoms with Crippen molar-refractivity contribution in [1.29, 1.82) is 0 Å². The van der Waals surface area contributed by atoms with E-state index in [0.717, 1.165) is 28.3 Å². The van der Waals surface area contributed by atoms with Crippen molar-refractivity contribution in [3.05, 3.63) is 41.2 Å². The average Bonchev–Trinajstić information content (AvgIpc) is 3.19. The number of aliphatic hydroxyl groups excluding tert-OH is 1. The van der Waals surface area contributed by atoms with E-state index >= 15 is 0 Å². The van der Waals surface area contributed by atoms with Gasteiger partial charge in [0.15, 0.2) is 0 Å². The second-order valence-electron chi connectivity index (χ2n) is 5.72. The molecule has 5 heteroatoms. The second-order valence-corrected chi connectivity index (χ2v) is 5.72. The zero-order valence-electron chi connectivity index (χ0n) is 12.7. The highest BCUT2D eigenvalue weighted by Gasteiger charge is 2.27. The molecular formula is C16H21N3O2. The number of pyridine rings is 1. The zero-order valence-corrected chi connectivity index (χ0v) is 12.7. The summed E-state index contributed by atoms with van der Waals surface area (Å²) in [5, 5.41) is 10.5. The highest BCUT2D eigenvalue weighted by Crippen LogP contribution is 2.37. The number of hydrogen-bond donors (Lipinski definition) is 1. The first-order chi connectivity index (χ1) is 10.1. The first-order valence-electron chi connectivity index (χ1n) is 7.30. The van der Waals surface area contributed by atoms with Gasteiger partial charge in [0, 0.05) is 35.5 Å². The van der Waals surface area contributed by atoms with E-state index in [1.54, 1.807) is 19.5 Å². The Morgan fingerprint density at radius 2 is 2.14 bits per heavy atom. The number of aryl methyl sites for hydroxylation is 1. The van der Waals surface area contributed by atoms with Crippen LogP contribution in [0.5, 0.6) is 5.75 Å². The summed E-state index contributed by atoms with van der Waals surface area (Å²) in [6.07, 6.45) is 7.59. The summed E-state index contributed by atoms with van der Waals surface area (Å²) in [5.41, 5.74) is 3.75. The fraction of sp³-hybridized carbons (Fsp3) is 0.500. The van der Waals surface area contributed by atoms with Crippen molar-refractivity contribution in [1.82, 2.24) is 14.5 Å². The molecule has 1 N–H and O–H groups in total. The van der Waals surface area contributed by atoms with E-state index in [9.17, 15) is 5.11 Å². The maximum atomic E-state index is 10.5. The van der Waals surface area contributed by atoms with E-state index in [1.807, 2.05) is 20.2 Å². The molecule has 0 aliphatic heterocycles. The molecule has 3 rings (SSSR count). The molecule has 2 aromatic rings. The lowest BCUT2D eigenvalue weighted by Gasteiger charge is -2.16. The minimum atomic E-state index is -0.591. The van der Waals surface area contributed by atoms with E-state index in [1.165, 1.54) is 12.8 Å². The van der Waals surface area contributed by atoms with Crippen LogP contribution in [0.2, 0.25) is 0 Å². The molecule has 0 bridgehead atoms. The predicted molar refractivity (Wildman–Crippen MR) is 79.4 cm³/mol. The Kier molecular flexibility index (Phi) is 3.68. The normalized spacial score (nSPS) is 16.0. The van der Waals surface area contributed by atoms with E-state index in [2.05, 4.69) is 14.5 Å². The van der Waals surface area contributed by atoms with Crippen LogP contribution in [0.1, 0.15) is 47.5 Å². The van der Waals surface area contributed by atoms with Gasteiger partial charge in [0.05, 0.1) is 25.3 Å². The molecule has 0 saturated heterocycles. The van der Waals surface area contributed by atoms with Crippen LogP contribution in [0.4, 0.5) is 0 Å². The van der Waals surface area contributed by atoms with Crippen molar-refractivity contribution < 1.29 is 9.84 Å². The Morgan fingerprint density at radius 1 is 1.38 bits per heavy atom. The molecule has 2 heterocycles. The van der Waals surface area contributed by atoms with Gasteiger partial charge in [-0.15, -0.1) is 0 Å². The van der Waals surface area contributed by atoms with Gasteiger partial charge in [0.1, 0.15) is 11.9 Å². The quantitative estimate of drug-likeness (QED) is 0.918. The number of methoxy groups -OCH3 is 1. The van der Waals surface area contributed by atoms with Gasteiger partial charge in [-0.25, -0.2) is 4.98 Å². The van der Waals surface area contributed by atoms with Crippen LogP contribution >= 0.6 is 0 Å². The molecule has 0 aromatic carbocycles. The Morgan fingerprint density at radius 3 is 2.81 bits per heavy atom. The maximum Gasteiger partial charge on any atom is 0.128 e. The lowest BCUT2D eigenvalue weighted by atomic mass is 10.0. The molecule has 1 aliphatic carbocycles. The highest BCUT2D eigenvalue weighted by atomic mass is 16.5. The summed E-state index contributed by atoms with van der Waals surface area (Å²) >= 11 is 0. The van der Waals surface area contributed by atoms with Crippen LogP contribution in [0, 0.1) is 13.8 Å². The van der Waals surface area contributed by atoms with Crippen molar-refractivity contribution in [3.63, 3.8) is 0 Å². The fourth-order valence-electron chi connectivity index (χ4n) is 2.80. The van der Waals surface area contributed by atoms with Crippen LogP contribution in [0.3, 0.4) is 0 Å². The number of aromatic nitrogens is 3. The molecule has 1 aliphatic rings. The van der Waals surface area contributed by atoms with Crippen molar-refractivity contribution in [2.75, 3.05) is 7.11 Å². The van der Waals surface area contributed by atoms with Gasteiger partial charge >= 0.3 is 0 Å². The second kappa shape index (κ2) is 5.48. The minimum Gasteiger partial charge on any atom is -0.496 e. The summed E-state index contributed by atoms with van der Waals surface area (Å²) < 4.78 is 7.51. The van der Waals surface area contributed by atoms with Crippen LogP contribution in [0.25, 0.3) is 0 Å². The van der Waals surface area contributed by atoms with Gasteiger partial charge in [0.25, 0.3) is 0 Å². The van der Waals surface area contributed by atoms with Crippen LogP contribution in [-0.2, 0) is 6.42 Å². The lowest BCUT2D eigenvalue weighted by Crippen LogP contribution is -2.11. The van der Waals surface area contributed by atoms with Crippen LogP contribution < -0.4 is 4.74 Å². The summed E-state index contributed by atoms with van der Waals surface area (Å²) in [6.45, 7) is 3.96. The van der Waals surface area contributed by atoms with Crippen LogP contribution in [-0.4, -0.2) is 26.8 Å². The summed E-state index contributed by atoms with van der Waals surface area (Å²) in [4.78, 5) is 8.63. The lowest BCUT2D eigenvalue weighted by molar-refractivity contribution is 0.167. The van der Waals surface area contributed by atoms with Gasteiger partial charge in [-0.1, -0.05) is 0 Å². The van der Waals surface area contributed by atoms with E-state index in [4.69, 9.17) is 4.74 Å². The van der Waals surface area contributed by atoms with Gasteiger partial charge in [0.2, 0.25) is 0 Å². The molecular weight excluding hydrogens is 266 g/mol. The third-order valence-electron chi connectivity index (χ3n) is 4.11. The number of rotatable bonds is 5. The maximum absolute atomic E-state index is 10.5. The predicted octanol–water partition coefficient (Wildman–Crippen LogP) is 2.51. The number of nitrogens with zero attached hydrogens (tertiary/aromatic N) is 3. The van der Waals surface area contributed by atoms with Crippen LogP contribution in [0.15, 0.2) is 18.7 Å². The molecule has 0 radical (unpaired) electrons. The minimum absolute atomic E-state index is 0.473. The molecule has 1 atom stereocenters. The summed E-state index contributed by atoms with van der Waals surface area (Å²) in [6, 6.07) is 0.513. The number of imidazole rings is 1. The zero-order chi connectivity index (χ0) is 15.0. The van der Waals surface area contributed by atoms with Crippen molar-refractivity contribution in [2.45, 2.75) is 45.3 Å². The van der Waals surface area contributed by atoms with Gasteiger partial charge in [-0.2, -0.15) is 0 Å². The van der Waals surface area contributed by atoms with E-state index in [0.29, 0.717) is 12.5 Å². The van der Waals surface area contributed by atoms with Crippen molar-refractivity contribution in [3.8, 4) is 5.75 Å². The molecule has 2 aromatic heterocycles. The SMILES string of the molecule is COc1c(C)cnc(CC(O)c2cncn2C2CC2)c1C. The van der Waals surface area contributed by atoms with Crippen molar-refractivity contribution in [2.24, 2.45) is 0 Å². The Bertz CT molecular complexity index is 647. The molecule has 5 nitrogen and oxygen atoms in total.